The summed E-state index contributed by atoms with van der Waals surface area (Å²) in [4.78, 5) is 0. The third kappa shape index (κ3) is 2.54. The molecular formula is C15H19NO2S. The van der Waals surface area contributed by atoms with Crippen LogP contribution in [0.2, 0.25) is 0 Å². The highest BCUT2D eigenvalue weighted by Gasteiger charge is 2.38. The summed E-state index contributed by atoms with van der Waals surface area (Å²) < 4.78 is 6.75. The first kappa shape index (κ1) is 13.1. The first-order valence-electron chi connectivity index (χ1n) is 6.69. The van der Waals surface area contributed by atoms with Gasteiger partial charge in [0.15, 0.2) is 0 Å². The highest BCUT2D eigenvalue weighted by atomic mass is 32.1. The van der Waals surface area contributed by atoms with Gasteiger partial charge in [-0.15, -0.1) is 11.3 Å². The van der Waals surface area contributed by atoms with E-state index in [2.05, 4.69) is 35.0 Å². The zero-order valence-electron chi connectivity index (χ0n) is 11.1. The van der Waals surface area contributed by atoms with Gasteiger partial charge in [0.1, 0.15) is 5.60 Å². The van der Waals surface area contributed by atoms with E-state index in [0.717, 1.165) is 6.54 Å². The molecule has 2 unspecified atom stereocenters. The third-order valence-corrected chi connectivity index (χ3v) is 4.98. The van der Waals surface area contributed by atoms with Crippen LogP contribution in [0.1, 0.15) is 18.9 Å². The second-order valence-electron chi connectivity index (χ2n) is 5.23. The predicted octanol–water partition coefficient (Wildman–Crippen LogP) is 2.53. The minimum atomic E-state index is -0.716. The molecule has 1 aliphatic heterocycles. The Morgan fingerprint density at radius 3 is 3.11 bits per heavy atom. The van der Waals surface area contributed by atoms with Crippen molar-refractivity contribution in [2.24, 2.45) is 0 Å². The van der Waals surface area contributed by atoms with E-state index in [9.17, 15) is 5.11 Å². The minimum Gasteiger partial charge on any atom is -0.386 e. The third-order valence-electron chi connectivity index (χ3n) is 3.97. The number of rotatable bonds is 4. The quantitative estimate of drug-likeness (QED) is 0.902. The van der Waals surface area contributed by atoms with Gasteiger partial charge in [-0.2, -0.15) is 0 Å². The van der Waals surface area contributed by atoms with Gasteiger partial charge in [-0.25, -0.2) is 0 Å². The number of ether oxygens (including phenoxy) is 1. The Kier molecular flexibility index (Phi) is 3.58. The fraction of sp³-hybridized carbons (Fsp3) is 0.467. The van der Waals surface area contributed by atoms with E-state index < -0.39 is 5.60 Å². The summed E-state index contributed by atoms with van der Waals surface area (Å²) >= 11 is 1.77. The Balaban J connectivity index is 1.64. The molecule has 0 bridgehead atoms. The van der Waals surface area contributed by atoms with E-state index >= 15 is 0 Å². The maximum absolute atomic E-state index is 10.4. The van der Waals surface area contributed by atoms with Crippen LogP contribution in [0, 0.1) is 0 Å². The van der Waals surface area contributed by atoms with E-state index in [-0.39, 0.29) is 6.10 Å². The molecule has 1 fully saturated rings. The van der Waals surface area contributed by atoms with Crippen molar-refractivity contribution in [3.8, 4) is 0 Å². The topological polar surface area (TPSA) is 41.5 Å². The van der Waals surface area contributed by atoms with Gasteiger partial charge in [0.05, 0.1) is 6.10 Å². The molecule has 0 spiro atoms. The SMILES string of the molecule is CC1OCCC1(O)CNCc1csc2ccccc12. The zero-order valence-corrected chi connectivity index (χ0v) is 11.9. The summed E-state index contributed by atoms with van der Waals surface area (Å²) in [6, 6.07) is 8.43. The average molecular weight is 277 g/mol. The lowest BCUT2D eigenvalue weighted by Crippen LogP contribution is -2.45. The summed E-state index contributed by atoms with van der Waals surface area (Å²) in [7, 11) is 0. The van der Waals surface area contributed by atoms with E-state index in [0.29, 0.717) is 19.6 Å². The summed E-state index contributed by atoms with van der Waals surface area (Å²) in [6.45, 7) is 3.97. The van der Waals surface area contributed by atoms with Gasteiger partial charge in [0, 0.05) is 30.8 Å². The second kappa shape index (κ2) is 5.21. The Hall–Kier alpha value is -0.940. The summed E-state index contributed by atoms with van der Waals surface area (Å²) in [6.07, 6.45) is 0.630. The minimum absolute atomic E-state index is 0.0841. The molecule has 0 aliphatic carbocycles. The summed E-state index contributed by atoms with van der Waals surface area (Å²) in [5, 5.41) is 17.3. The number of hydrogen-bond acceptors (Lipinski definition) is 4. The molecular weight excluding hydrogens is 258 g/mol. The maximum atomic E-state index is 10.4. The fourth-order valence-electron chi connectivity index (χ4n) is 2.59. The molecule has 0 amide bonds. The van der Waals surface area contributed by atoms with Gasteiger partial charge in [0.25, 0.3) is 0 Å². The normalized spacial score (nSPS) is 27.2. The molecule has 3 rings (SSSR count). The van der Waals surface area contributed by atoms with E-state index in [1.54, 1.807) is 11.3 Å². The second-order valence-corrected chi connectivity index (χ2v) is 6.14. The highest BCUT2D eigenvalue weighted by molar-refractivity contribution is 7.17. The number of thiophene rings is 1. The lowest BCUT2D eigenvalue weighted by atomic mass is 9.96. The van der Waals surface area contributed by atoms with Gasteiger partial charge in [-0.05, 0) is 29.3 Å². The Labute approximate surface area is 117 Å². The Morgan fingerprint density at radius 2 is 2.32 bits per heavy atom. The monoisotopic (exact) mass is 277 g/mol. The molecule has 1 saturated heterocycles. The predicted molar refractivity (Wildman–Crippen MR) is 78.5 cm³/mol. The van der Waals surface area contributed by atoms with Crippen LogP contribution in [0.5, 0.6) is 0 Å². The van der Waals surface area contributed by atoms with Crippen LogP contribution < -0.4 is 5.32 Å². The van der Waals surface area contributed by atoms with Gasteiger partial charge in [-0.1, -0.05) is 18.2 Å². The van der Waals surface area contributed by atoms with Crippen LogP contribution in [0.15, 0.2) is 29.6 Å². The first-order chi connectivity index (χ1) is 9.19. The zero-order chi connectivity index (χ0) is 13.3. The molecule has 4 heteroatoms. The van der Waals surface area contributed by atoms with Crippen molar-refractivity contribution < 1.29 is 9.84 Å². The Bertz CT molecular complexity index is 568. The van der Waals surface area contributed by atoms with Crippen molar-refractivity contribution in [2.75, 3.05) is 13.2 Å². The summed E-state index contributed by atoms with van der Waals surface area (Å²) in [5.41, 5.74) is 0.585. The van der Waals surface area contributed by atoms with Crippen molar-refractivity contribution in [1.29, 1.82) is 0 Å². The van der Waals surface area contributed by atoms with Crippen LogP contribution in [0.25, 0.3) is 10.1 Å². The molecule has 2 N–H and O–H groups in total. The standard InChI is InChI=1S/C15H19NO2S/c1-11-15(17,6-7-18-11)10-16-8-12-9-19-14-5-3-2-4-13(12)14/h2-5,9,11,16-17H,6-8,10H2,1H3. The smallest absolute Gasteiger partial charge is 0.105 e. The van der Waals surface area contributed by atoms with Crippen molar-refractivity contribution >= 4 is 21.4 Å². The first-order valence-corrected chi connectivity index (χ1v) is 7.57. The number of nitrogens with one attached hydrogen (secondary N) is 1. The van der Waals surface area contributed by atoms with E-state index in [1.807, 2.05) is 6.92 Å². The number of fused-ring (bicyclic) bond motifs is 1. The van der Waals surface area contributed by atoms with E-state index in [1.165, 1.54) is 15.6 Å². The summed E-state index contributed by atoms with van der Waals surface area (Å²) in [5.74, 6) is 0. The number of aliphatic hydroxyl groups is 1. The molecule has 102 valence electrons. The molecule has 0 radical (unpaired) electrons. The van der Waals surface area contributed by atoms with Gasteiger partial charge < -0.3 is 15.2 Å². The van der Waals surface area contributed by atoms with Crippen LogP contribution >= 0.6 is 11.3 Å². The van der Waals surface area contributed by atoms with Crippen molar-refractivity contribution in [3.63, 3.8) is 0 Å². The fourth-order valence-corrected chi connectivity index (χ4v) is 3.55. The molecule has 3 nitrogen and oxygen atoms in total. The molecule has 1 aromatic carbocycles. The molecule has 2 heterocycles. The highest BCUT2D eigenvalue weighted by Crippen LogP contribution is 2.27. The molecule has 2 aromatic rings. The molecule has 1 aliphatic rings. The van der Waals surface area contributed by atoms with Gasteiger partial charge in [0.2, 0.25) is 0 Å². The largest absolute Gasteiger partial charge is 0.386 e. The number of hydrogen-bond donors (Lipinski definition) is 2. The van der Waals surface area contributed by atoms with Crippen LogP contribution in [0.3, 0.4) is 0 Å². The van der Waals surface area contributed by atoms with Crippen LogP contribution in [-0.2, 0) is 11.3 Å². The lowest BCUT2D eigenvalue weighted by Gasteiger charge is -2.26. The van der Waals surface area contributed by atoms with Gasteiger partial charge in [-0.3, -0.25) is 0 Å². The average Bonchev–Trinajstić information content (AvgIpc) is 2.96. The lowest BCUT2D eigenvalue weighted by molar-refractivity contribution is -0.0262. The number of benzene rings is 1. The van der Waals surface area contributed by atoms with Gasteiger partial charge >= 0.3 is 0 Å². The van der Waals surface area contributed by atoms with E-state index in [4.69, 9.17) is 4.74 Å². The molecule has 2 atom stereocenters. The maximum Gasteiger partial charge on any atom is 0.105 e. The van der Waals surface area contributed by atoms with Crippen molar-refractivity contribution in [3.05, 3.63) is 35.2 Å². The molecule has 19 heavy (non-hydrogen) atoms. The molecule has 0 saturated carbocycles. The van der Waals surface area contributed by atoms with Crippen molar-refractivity contribution in [2.45, 2.75) is 31.6 Å². The molecule has 1 aromatic heterocycles. The van der Waals surface area contributed by atoms with Crippen LogP contribution in [-0.4, -0.2) is 30.0 Å². The van der Waals surface area contributed by atoms with Crippen molar-refractivity contribution in [1.82, 2.24) is 5.32 Å². The van der Waals surface area contributed by atoms with Crippen LogP contribution in [0.4, 0.5) is 0 Å². The Morgan fingerprint density at radius 1 is 1.47 bits per heavy atom.